The van der Waals surface area contributed by atoms with E-state index in [-0.39, 0.29) is 17.1 Å². The van der Waals surface area contributed by atoms with Crippen LogP contribution in [0.4, 0.5) is 4.39 Å². The summed E-state index contributed by atoms with van der Waals surface area (Å²) >= 11 is 0. The number of carbonyl (C=O) groups excluding carboxylic acids is 1. The molecule has 0 atom stereocenters. The molecule has 0 radical (unpaired) electrons. The van der Waals surface area contributed by atoms with Crippen LogP contribution in [0.2, 0.25) is 0 Å². The summed E-state index contributed by atoms with van der Waals surface area (Å²) in [6, 6.07) is 12.8. The average molecular weight is 367 g/mol. The molecule has 0 aromatic heterocycles. The van der Waals surface area contributed by atoms with Gasteiger partial charge < -0.3 is 10.1 Å². The summed E-state index contributed by atoms with van der Waals surface area (Å²) in [6.07, 6.45) is 5.04. The van der Waals surface area contributed by atoms with E-state index >= 15 is 0 Å². The van der Waals surface area contributed by atoms with E-state index in [1.165, 1.54) is 17.7 Å². The van der Waals surface area contributed by atoms with Crippen molar-refractivity contribution in [3.63, 3.8) is 0 Å². The second-order valence-electron chi connectivity index (χ2n) is 7.31. The van der Waals surface area contributed by atoms with Gasteiger partial charge >= 0.3 is 0 Å². The highest BCUT2D eigenvalue weighted by atomic mass is 19.1. The van der Waals surface area contributed by atoms with E-state index in [1.807, 2.05) is 37.3 Å². The van der Waals surface area contributed by atoms with Crippen molar-refractivity contribution in [2.45, 2.75) is 32.1 Å². The number of carbonyl (C=O) groups is 1. The lowest BCUT2D eigenvalue weighted by molar-refractivity contribution is -0.116. The van der Waals surface area contributed by atoms with Crippen LogP contribution < -0.4 is 5.32 Å². The molecule has 0 aliphatic carbocycles. The fraction of sp³-hybridized carbons (Fsp3) is 0.348. The third-order valence-corrected chi connectivity index (χ3v) is 5.35. The van der Waals surface area contributed by atoms with E-state index < -0.39 is 0 Å². The number of aryl methyl sites for hydroxylation is 2. The van der Waals surface area contributed by atoms with E-state index in [9.17, 15) is 9.18 Å². The van der Waals surface area contributed by atoms with E-state index in [1.54, 1.807) is 6.08 Å². The molecule has 0 spiro atoms. The number of hydrogen-bond acceptors (Lipinski definition) is 2. The van der Waals surface area contributed by atoms with Crippen LogP contribution >= 0.6 is 0 Å². The van der Waals surface area contributed by atoms with Gasteiger partial charge in [-0.2, -0.15) is 0 Å². The van der Waals surface area contributed by atoms with Gasteiger partial charge in [-0.25, -0.2) is 4.39 Å². The quantitative estimate of drug-likeness (QED) is 0.799. The van der Waals surface area contributed by atoms with Crippen molar-refractivity contribution in [1.82, 2.24) is 5.32 Å². The van der Waals surface area contributed by atoms with Gasteiger partial charge in [-0.3, -0.25) is 4.79 Å². The highest BCUT2D eigenvalue weighted by Gasteiger charge is 2.34. The molecule has 142 valence electrons. The molecule has 1 aliphatic rings. The third kappa shape index (κ3) is 4.83. The number of benzene rings is 2. The van der Waals surface area contributed by atoms with E-state index in [0.717, 1.165) is 29.5 Å². The van der Waals surface area contributed by atoms with E-state index in [0.29, 0.717) is 19.8 Å². The van der Waals surface area contributed by atoms with Crippen molar-refractivity contribution < 1.29 is 13.9 Å². The normalized spacial score (nSPS) is 16.4. The lowest BCUT2D eigenvalue weighted by atomic mass is 9.74. The minimum Gasteiger partial charge on any atom is -0.381 e. The van der Waals surface area contributed by atoms with Crippen LogP contribution in [-0.2, 0) is 14.9 Å². The van der Waals surface area contributed by atoms with Crippen LogP contribution in [0.15, 0.2) is 48.5 Å². The summed E-state index contributed by atoms with van der Waals surface area (Å²) in [6.45, 7) is 5.89. The second-order valence-corrected chi connectivity index (χ2v) is 7.31. The van der Waals surface area contributed by atoms with Crippen LogP contribution in [-0.4, -0.2) is 25.7 Å². The Balaban J connectivity index is 1.69. The zero-order valence-corrected chi connectivity index (χ0v) is 15.9. The molecule has 1 fully saturated rings. The van der Waals surface area contributed by atoms with Crippen molar-refractivity contribution in [1.29, 1.82) is 0 Å². The Morgan fingerprint density at radius 2 is 1.85 bits per heavy atom. The van der Waals surface area contributed by atoms with Gasteiger partial charge in [-0.1, -0.05) is 35.9 Å². The number of rotatable bonds is 5. The molecule has 2 aromatic carbocycles. The number of amides is 1. The maximum absolute atomic E-state index is 13.3. The molecule has 1 aliphatic heterocycles. The minimum atomic E-state index is -0.249. The highest BCUT2D eigenvalue weighted by Crippen LogP contribution is 2.34. The summed E-state index contributed by atoms with van der Waals surface area (Å²) in [7, 11) is 0. The Morgan fingerprint density at radius 1 is 1.15 bits per heavy atom. The molecule has 3 nitrogen and oxygen atoms in total. The molecule has 1 heterocycles. The summed E-state index contributed by atoms with van der Waals surface area (Å²) in [4.78, 5) is 12.4. The van der Waals surface area contributed by atoms with Crippen molar-refractivity contribution >= 4 is 12.0 Å². The molecule has 1 saturated heterocycles. The van der Waals surface area contributed by atoms with Crippen molar-refractivity contribution in [2.24, 2.45) is 0 Å². The van der Waals surface area contributed by atoms with Gasteiger partial charge in [0.05, 0.1) is 0 Å². The summed E-state index contributed by atoms with van der Waals surface area (Å²) in [5, 5.41) is 3.03. The van der Waals surface area contributed by atoms with Crippen LogP contribution in [0.1, 0.15) is 35.1 Å². The lowest BCUT2D eigenvalue weighted by Crippen LogP contribution is -2.44. The SMILES string of the molecule is Cc1ccc(/C=C/C(=O)NCC2(c3ccc(F)cc3)CCOCC2)c(C)c1. The number of nitrogens with one attached hydrogen (secondary N) is 1. The Labute approximate surface area is 160 Å². The summed E-state index contributed by atoms with van der Waals surface area (Å²) in [5.41, 5.74) is 4.22. The van der Waals surface area contributed by atoms with Gasteiger partial charge in [0.2, 0.25) is 5.91 Å². The number of hydrogen-bond donors (Lipinski definition) is 1. The number of ether oxygens (including phenoxy) is 1. The topological polar surface area (TPSA) is 38.3 Å². The van der Waals surface area contributed by atoms with Gasteiger partial charge in [-0.05, 0) is 61.6 Å². The monoisotopic (exact) mass is 367 g/mol. The molecule has 2 aromatic rings. The first-order valence-electron chi connectivity index (χ1n) is 9.35. The van der Waals surface area contributed by atoms with Gasteiger partial charge in [0.1, 0.15) is 5.82 Å². The molecular weight excluding hydrogens is 341 g/mol. The molecule has 1 amide bonds. The standard InChI is InChI=1S/C23H26FNO2/c1-17-3-4-19(18(2)15-17)5-10-22(26)25-16-23(11-13-27-14-12-23)20-6-8-21(24)9-7-20/h3-10,15H,11-14,16H2,1-2H3,(H,25,26)/b10-5+. The summed E-state index contributed by atoms with van der Waals surface area (Å²) < 4.78 is 18.8. The van der Waals surface area contributed by atoms with E-state index in [2.05, 4.69) is 18.3 Å². The summed E-state index contributed by atoms with van der Waals surface area (Å²) in [5.74, 6) is -0.371. The van der Waals surface area contributed by atoms with Crippen LogP contribution in [0, 0.1) is 19.7 Å². The second kappa shape index (κ2) is 8.49. The molecule has 4 heteroatoms. The first kappa shape index (κ1) is 19.3. The van der Waals surface area contributed by atoms with Crippen molar-refractivity contribution in [3.05, 3.63) is 76.6 Å². The molecule has 3 rings (SSSR count). The molecule has 0 saturated carbocycles. The highest BCUT2D eigenvalue weighted by molar-refractivity contribution is 5.92. The first-order chi connectivity index (χ1) is 13.0. The maximum atomic E-state index is 13.3. The smallest absolute Gasteiger partial charge is 0.244 e. The predicted octanol–water partition coefficient (Wildman–Crippen LogP) is 4.32. The van der Waals surface area contributed by atoms with Gasteiger partial charge in [0.15, 0.2) is 0 Å². The molecule has 0 bridgehead atoms. The fourth-order valence-corrected chi connectivity index (χ4v) is 3.63. The lowest BCUT2D eigenvalue weighted by Gasteiger charge is -2.37. The first-order valence-corrected chi connectivity index (χ1v) is 9.35. The van der Waals surface area contributed by atoms with Gasteiger partial charge in [0, 0.05) is 31.2 Å². The predicted molar refractivity (Wildman–Crippen MR) is 106 cm³/mol. The Bertz CT molecular complexity index is 821. The van der Waals surface area contributed by atoms with Crippen molar-refractivity contribution in [2.75, 3.05) is 19.8 Å². The Hall–Kier alpha value is -2.46. The van der Waals surface area contributed by atoms with Crippen LogP contribution in [0.5, 0.6) is 0 Å². The van der Waals surface area contributed by atoms with Crippen molar-refractivity contribution in [3.8, 4) is 0 Å². The van der Waals surface area contributed by atoms with Crippen LogP contribution in [0.3, 0.4) is 0 Å². The van der Waals surface area contributed by atoms with E-state index in [4.69, 9.17) is 4.74 Å². The number of halogens is 1. The van der Waals surface area contributed by atoms with Crippen LogP contribution in [0.25, 0.3) is 6.08 Å². The third-order valence-electron chi connectivity index (χ3n) is 5.35. The fourth-order valence-electron chi connectivity index (χ4n) is 3.63. The molecular formula is C23H26FNO2. The Morgan fingerprint density at radius 3 is 2.52 bits per heavy atom. The molecule has 27 heavy (non-hydrogen) atoms. The van der Waals surface area contributed by atoms with Gasteiger partial charge in [-0.15, -0.1) is 0 Å². The zero-order valence-electron chi connectivity index (χ0n) is 15.9. The Kier molecular flexibility index (Phi) is 6.07. The zero-order chi connectivity index (χ0) is 19.3. The molecule has 0 unspecified atom stereocenters. The largest absolute Gasteiger partial charge is 0.381 e. The van der Waals surface area contributed by atoms with Gasteiger partial charge in [0.25, 0.3) is 0 Å². The minimum absolute atomic E-state index is 0.122. The molecule has 1 N–H and O–H groups in total. The maximum Gasteiger partial charge on any atom is 0.244 e. The average Bonchev–Trinajstić information content (AvgIpc) is 2.67.